The first-order valence-electron chi connectivity index (χ1n) is 9.68. The van der Waals surface area contributed by atoms with E-state index in [1.807, 2.05) is 69.4 Å². The fourth-order valence-electron chi connectivity index (χ4n) is 3.59. The first kappa shape index (κ1) is 18.3. The Bertz CT molecular complexity index is 1140. The van der Waals surface area contributed by atoms with Gasteiger partial charge in [0.2, 0.25) is 0 Å². The number of benzene rings is 3. The molecule has 0 radical (unpaired) electrons. The molecule has 3 heteroatoms. The topological polar surface area (TPSA) is 31.2 Å². The summed E-state index contributed by atoms with van der Waals surface area (Å²) < 4.78 is 8.23. The molecule has 0 atom stereocenters. The second-order valence-corrected chi connectivity index (χ2v) is 8.16. The summed E-state index contributed by atoms with van der Waals surface area (Å²) in [5, 5.41) is 3.29. The minimum atomic E-state index is -0.408. The third kappa shape index (κ3) is 3.40. The van der Waals surface area contributed by atoms with E-state index in [9.17, 15) is 4.79 Å². The summed E-state index contributed by atoms with van der Waals surface area (Å²) in [7, 11) is 0. The van der Waals surface area contributed by atoms with Crippen molar-refractivity contribution in [1.82, 2.24) is 4.57 Å². The number of Topliss-reactive ketones (excluding diaryl/α,β-unsaturated/α-hetero) is 1. The largest absolute Gasteiger partial charge is 0.491 e. The molecule has 0 aliphatic carbocycles. The lowest BCUT2D eigenvalue weighted by Gasteiger charge is -2.15. The molecule has 0 spiro atoms. The van der Waals surface area contributed by atoms with Crippen LogP contribution in [0.5, 0.6) is 5.75 Å². The molecule has 0 N–H and O–H groups in total. The van der Waals surface area contributed by atoms with Gasteiger partial charge in [-0.05, 0) is 17.5 Å². The summed E-state index contributed by atoms with van der Waals surface area (Å²) in [5.74, 6) is 1.05. The van der Waals surface area contributed by atoms with Crippen LogP contribution in [0.3, 0.4) is 0 Å². The molecule has 28 heavy (non-hydrogen) atoms. The molecule has 0 fully saturated rings. The smallest absolute Gasteiger partial charge is 0.170 e. The molecule has 1 heterocycles. The van der Waals surface area contributed by atoms with Crippen molar-refractivity contribution in [1.29, 1.82) is 0 Å². The fourth-order valence-corrected chi connectivity index (χ4v) is 3.59. The molecule has 0 amide bonds. The molecule has 4 rings (SSSR count). The van der Waals surface area contributed by atoms with Crippen LogP contribution >= 0.6 is 0 Å². The molecule has 0 bridgehead atoms. The van der Waals surface area contributed by atoms with Gasteiger partial charge in [-0.1, -0.05) is 75.4 Å². The van der Waals surface area contributed by atoms with Crippen molar-refractivity contribution in [2.75, 3.05) is 6.61 Å². The van der Waals surface area contributed by atoms with Crippen LogP contribution in [-0.2, 0) is 6.54 Å². The van der Waals surface area contributed by atoms with Gasteiger partial charge in [-0.2, -0.15) is 0 Å². The highest BCUT2D eigenvalue weighted by Gasteiger charge is 2.26. The van der Waals surface area contributed by atoms with Gasteiger partial charge in [-0.25, -0.2) is 0 Å². The van der Waals surface area contributed by atoms with Crippen molar-refractivity contribution in [3.8, 4) is 5.75 Å². The lowest BCUT2D eigenvalue weighted by atomic mass is 9.86. The Morgan fingerprint density at radius 2 is 1.57 bits per heavy atom. The monoisotopic (exact) mass is 371 g/mol. The van der Waals surface area contributed by atoms with Gasteiger partial charge in [0.15, 0.2) is 5.78 Å². The minimum absolute atomic E-state index is 0.164. The number of nitrogens with zero attached hydrogens (tertiary/aromatic N) is 1. The number of carbonyl (C=O) groups is 1. The van der Waals surface area contributed by atoms with Gasteiger partial charge in [-0.15, -0.1) is 0 Å². The zero-order chi connectivity index (χ0) is 19.7. The Morgan fingerprint density at radius 1 is 0.893 bits per heavy atom. The van der Waals surface area contributed by atoms with E-state index in [4.69, 9.17) is 4.74 Å². The normalized spacial score (nSPS) is 11.8. The molecular formula is C25H25NO2. The summed E-state index contributed by atoms with van der Waals surface area (Å²) in [4.78, 5) is 12.9. The average molecular weight is 371 g/mol. The maximum Gasteiger partial charge on any atom is 0.170 e. The molecule has 1 aromatic heterocycles. The Hall–Kier alpha value is -3.07. The number of hydrogen-bond donors (Lipinski definition) is 0. The van der Waals surface area contributed by atoms with Crippen molar-refractivity contribution >= 4 is 27.5 Å². The fraction of sp³-hybridized carbons (Fsp3) is 0.240. The van der Waals surface area contributed by atoms with Gasteiger partial charge in [0.1, 0.15) is 12.4 Å². The van der Waals surface area contributed by atoms with Gasteiger partial charge in [0, 0.05) is 33.5 Å². The van der Waals surface area contributed by atoms with Crippen LogP contribution < -0.4 is 4.74 Å². The number of rotatable bonds is 5. The maximum atomic E-state index is 12.9. The number of ether oxygens (including phenoxy) is 1. The molecule has 0 aliphatic heterocycles. The quantitative estimate of drug-likeness (QED) is 0.397. The molecule has 3 aromatic carbocycles. The summed E-state index contributed by atoms with van der Waals surface area (Å²) in [6.45, 7) is 7.11. The van der Waals surface area contributed by atoms with E-state index in [-0.39, 0.29) is 5.78 Å². The predicted octanol–water partition coefficient (Wildman–Crippen LogP) is 6.10. The first-order valence-corrected chi connectivity index (χ1v) is 9.68. The summed E-state index contributed by atoms with van der Waals surface area (Å²) in [6, 6.07) is 22.4. The third-order valence-corrected chi connectivity index (χ3v) is 5.05. The third-order valence-electron chi connectivity index (χ3n) is 5.05. The van der Waals surface area contributed by atoms with Crippen LogP contribution in [0.4, 0.5) is 0 Å². The van der Waals surface area contributed by atoms with Gasteiger partial charge in [-0.3, -0.25) is 4.79 Å². The maximum absolute atomic E-state index is 12.9. The molecular weight excluding hydrogens is 346 g/mol. The van der Waals surface area contributed by atoms with Crippen molar-refractivity contribution in [3.63, 3.8) is 0 Å². The number of para-hydroxylation sites is 1. The van der Waals surface area contributed by atoms with E-state index < -0.39 is 5.41 Å². The number of ketones is 1. The van der Waals surface area contributed by atoms with Crippen molar-refractivity contribution in [3.05, 3.63) is 78.5 Å². The van der Waals surface area contributed by atoms with Crippen LogP contribution in [0, 0.1) is 5.41 Å². The second kappa shape index (κ2) is 7.16. The van der Waals surface area contributed by atoms with E-state index in [0.717, 1.165) is 27.6 Å². The van der Waals surface area contributed by atoms with E-state index in [2.05, 4.69) is 28.8 Å². The van der Waals surface area contributed by atoms with Gasteiger partial charge in [0.25, 0.3) is 0 Å². The van der Waals surface area contributed by atoms with E-state index in [0.29, 0.717) is 13.2 Å². The zero-order valence-corrected chi connectivity index (χ0v) is 16.6. The van der Waals surface area contributed by atoms with Crippen LogP contribution in [0.15, 0.2) is 72.9 Å². The van der Waals surface area contributed by atoms with Crippen molar-refractivity contribution < 1.29 is 9.53 Å². The van der Waals surface area contributed by atoms with Gasteiger partial charge >= 0.3 is 0 Å². The molecule has 0 aliphatic rings. The number of aromatic nitrogens is 1. The minimum Gasteiger partial charge on any atom is -0.491 e. The Morgan fingerprint density at radius 3 is 2.36 bits per heavy atom. The average Bonchev–Trinajstić information content (AvgIpc) is 3.05. The Balaban J connectivity index is 1.59. The lowest BCUT2D eigenvalue weighted by molar-refractivity contribution is 0.0860. The first-order chi connectivity index (χ1) is 13.4. The van der Waals surface area contributed by atoms with E-state index in [1.54, 1.807) is 0 Å². The molecule has 0 saturated carbocycles. The van der Waals surface area contributed by atoms with E-state index in [1.165, 1.54) is 5.39 Å². The van der Waals surface area contributed by atoms with Gasteiger partial charge in [0.05, 0.1) is 6.54 Å². The Kier molecular flexibility index (Phi) is 4.68. The summed E-state index contributed by atoms with van der Waals surface area (Å²) in [5.41, 5.74) is 1.44. The highest BCUT2D eigenvalue weighted by Crippen LogP contribution is 2.29. The zero-order valence-electron chi connectivity index (χ0n) is 16.6. The molecule has 3 nitrogen and oxygen atoms in total. The van der Waals surface area contributed by atoms with Gasteiger partial charge < -0.3 is 9.30 Å². The van der Waals surface area contributed by atoms with Crippen LogP contribution in [0.1, 0.15) is 31.1 Å². The molecule has 4 aromatic rings. The summed E-state index contributed by atoms with van der Waals surface area (Å²) >= 11 is 0. The lowest BCUT2D eigenvalue weighted by Crippen LogP contribution is -2.20. The standard InChI is InChI=1S/C25H25NO2/c1-25(2,3)24(27)21-17-26(22-13-7-6-12-20(21)22)15-16-28-23-14-8-10-18-9-4-5-11-19(18)23/h4-14,17H,15-16H2,1-3H3. The number of fused-ring (bicyclic) bond motifs is 2. The Labute approximate surface area is 165 Å². The van der Waals surface area contributed by atoms with Crippen molar-refractivity contribution in [2.45, 2.75) is 27.3 Å². The van der Waals surface area contributed by atoms with E-state index >= 15 is 0 Å². The van der Waals surface area contributed by atoms with Crippen molar-refractivity contribution in [2.24, 2.45) is 5.41 Å². The van der Waals surface area contributed by atoms with Crippen LogP contribution in [0.2, 0.25) is 0 Å². The van der Waals surface area contributed by atoms with Crippen LogP contribution in [0.25, 0.3) is 21.7 Å². The number of carbonyl (C=O) groups excluding carboxylic acids is 1. The molecule has 0 saturated heterocycles. The second-order valence-electron chi connectivity index (χ2n) is 8.16. The molecule has 142 valence electrons. The predicted molar refractivity (Wildman–Crippen MR) is 115 cm³/mol. The molecule has 0 unspecified atom stereocenters. The SMILES string of the molecule is CC(C)(C)C(=O)c1cn(CCOc2cccc3ccccc23)c2ccccc12. The highest BCUT2D eigenvalue weighted by atomic mass is 16.5. The van der Waals surface area contributed by atoms with Crippen LogP contribution in [-0.4, -0.2) is 17.0 Å². The summed E-state index contributed by atoms with van der Waals surface area (Å²) in [6.07, 6.45) is 1.98. The highest BCUT2D eigenvalue weighted by molar-refractivity contribution is 6.10. The number of hydrogen-bond acceptors (Lipinski definition) is 2.